The van der Waals surface area contributed by atoms with E-state index in [4.69, 9.17) is 18.9 Å². The molecule has 0 unspecified atom stereocenters. The van der Waals surface area contributed by atoms with Crippen LogP contribution in [0.25, 0.3) is 0 Å². The van der Waals surface area contributed by atoms with Crippen molar-refractivity contribution in [3.8, 4) is 0 Å². The van der Waals surface area contributed by atoms with Crippen molar-refractivity contribution in [2.45, 2.75) is 13.2 Å². The Balaban J connectivity index is 1.39. The predicted molar refractivity (Wildman–Crippen MR) is 119 cm³/mol. The average molecular weight is 434 g/mol. The highest BCUT2D eigenvalue weighted by atomic mass is 16.6. The van der Waals surface area contributed by atoms with Gasteiger partial charge in [-0.25, -0.2) is 9.59 Å². The van der Waals surface area contributed by atoms with Crippen LogP contribution in [0.4, 0.5) is 0 Å². The first-order chi connectivity index (χ1) is 15.7. The van der Waals surface area contributed by atoms with Crippen molar-refractivity contribution in [3.05, 3.63) is 107 Å². The smallest absolute Gasteiger partial charge is 0.339 e. The maximum absolute atomic E-state index is 12.4. The summed E-state index contributed by atoms with van der Waals surface area (Å²) in [5.41, 5.74) is 2.40. The van der Waals surface area contributed by atoms with Crippen molar-refractivity contribution >= 4 is 11.9 Å². The fourth-order valence-corrected chi connectivity index (χ4v) is 2.91. The van der Waals surface area contributed by atoms with Crippen molar-refractivity contribution in [3.63, 3.8) is 0 Å². The fraction of sp³-hybridized carbons (Fsp3) is 0.231. The summed E-state index contributed by atoms with van der Waals surface area (Å²) >= 11 is 0. The van der Waals surface area contributed by atoms with Gasteiger partial charge in [-0.3, -0.25) is 0 Å². The molecule has 0 heterocycles. The Bertz CT molecular complexity index is 891. The van der Waals surface area contributed by atoms with Gasteiger partial charge in [0.25, 0.3) is 0 Å². The van der Waals surface area contributed by atoms with Crippen LogP contribution >= 0.6 is 0 Å². The molecule has 3 aromatic rings. The van der Waals surface area contributed by atoms with Gasteiger partial charge in [-0.1, -0.05) is 72.8 Å². The highest BCUT2D eigenvalue weighted by molar-refractivity contribution is 6.03. The van der Waals surface area contributed by atoms with Crippen molar-refractivity contribution in [1.82, 2.24) is 0 Å². The summed E-state index contributed by atoms with van der Waals surface area (Å²) in [4.78, 5) is 24.9. The molecule has 0 aliphatic rings. The van der Waals surface area contributed by atoms with Gasteiger partial charge in [0, 0.05) is 0 Å². The van der Waals surface area contributed by atoms with E-state index in [1.54, 1.807) is 12.1 Å². The number of hydrogen-bond donors (Lipinski definition) is 0. The Morgan fingerprint density at radius 3 is 1.28 bits per heavy atom. The van der Waals surface area contributed by atoms with Crippen molar-refractivity contribution in [2.75, 3.05) is 26.4 Å². The first kappa shape index (κ1) is 23.2. The highest BCUT2D eigenvalue weighted by Crippen LogP contribution is 2.12. The summed E-state index contributed by atoms with van der Waals surface area (Å²) in [7, 11) is 0. The molecule has 32 heavy (non-hydrogen) atoms. The van der Waals surface area contributed by atoms with E-state index in [0.29, 0.717) is 13.2 Å². The van der Waals surface area contributed by atoms with E-state index < -0.39 is 11.9 Å². The van der Waals surface area contributed by atoms with Crippen LogP contribution < -0.4 is 0 Å². The largest absolute Gasteiger partial charge is 0.460 e. The van der Waals surface area contributed by atoms with Gasteiger partial charge in [0.15, 0.2) is 0 Å². The van der Waals surface area contributed by atoms with Crippen LogP contribution in [-0.2, 0) is 32.2 Å². The second kappa shape index (κ2) is 13.0. The van der Waals surface area contributed by atoms with Gasteiger partial charge in [0.1, 0.15) is 13.2 Å². The van der Waals surface area contributed by atoms with Crippen LogP contribution in [-0.4, -0.2) is 38.4 Å². The SMILES string of the molecule is O=C(OCCOCc1ccccc1)c1ccccc1C(=O)OCCOCc1ccccc1. The third-order valence-corrected chi connectivity index (χ3v) is 4.51. The average Bonchev–Trinajstić information content (AvgIpc) is 2.84. The number of carbonyl (C=O) groups excluding carboxylic acids is 2. The van der Waals surface area contributed by atoms with Crippen LogP contribution in [0.2, 0.25) is 0 Å². The van der Waals surface area contributed by atoms with Crippen molar-refractivity contribution in [2.24, 2.45) is 0 Å². The van der Waals surface area contributed by atoms with E-state index in [2.05, 4.69) is 0 Å². The lowest BCUT2D eigenvalue weighted by Gasteiger charge is -2.10. The Morgan fingerprint density at radius 1 is 0.500 bits per heavy atom. The molecule has 0 spiro atoms. The van der Waals surface area contributed by atoms with Gasteiger partial charge in [-0.05, 0) is 23.3 Å². The minimum atomic E-state index is -0.596. The van der Waals surface area contributed by atoms with Crippen LogP contribution in [0.3, 0.4) is 0 Å². The predicted octanol–water partition coefficient (Wildman–Crippen LogP) is 4.43. The zero-order valence-electron chi connectivity index (χ0n) is 17.8. The molecule has 0 aliphatic heterocycles. The Morgan fingerprint density at radius 2 is 0.875 bits per heavy atom. The van der Waals surface area contributed by atoms with Gasteiger partial charge < -0.3 is 18.9 Å². The number of ether oxygens (including phenoxy) is 4. The third-order valence-electron chi connectivity index (χ3n) is 4.51. The summed E-state index contributed by atoms with van der Waals surface area (Å²) in [6.07, 6.45) is 0. The van der Waals surface area contributed by atoms with Crippen molar-refractivity contribution in [1.29, 1.82) is 0 Å². The van der Waals surface area contributed by atoms with Crippen molar-refractivity contribution < 1.29 is 28.5 Å². The number of rotatable bonds is 12. The zero-order chi connectivity index (χ0) is 22.4. The molecule has 166 valence electrons. The van der Waals surface area contributed by atoms with Crippen LogP contribution in [0.15, 0.2) is 84.9 Å². The molecule has 0 amide bonds. The fourth-order valence-electron chi connectivity index (χ4n) is 2.91. The molecular weight excluding hydrogens is 408 g/mol. The molecule has 0 radical (unpaired) electrons. The maximum Gasteiger partial charge on any atom is 0.339 e. The zero-order valence-corrected chi connectivity index (χ0v) is 17.8. The summed E-state index contributed by atoms with van der Waals surface area (Å²) in [6.45, 7) is 1.56. The van der Waals surface area contributed by atoms with E-state index in [1.807, 2.05) is 60.7 Å². The molecule has 0 bridgehead atoms. The molecule has 6 heteroatoms. The van der Waals surface area contributed by atoms with Crippen LogP contribution in [0, 0.1) is 0 Å². The summed E-state index contributed by atoms with van der Waals surface area (Å²) in [6, 6.07) is 25.9. The first-order valence-electron chi connectivity index (χ1n) is 10.4. The topological polar surface area (TPSA) is 71.1 Å². The molecule has 0 atom stereocenters. The van der Waals surface area contributed by atoms with E-state index in [9.17, 15) is 9.59 Å². The lowest BCUT2D eigenvalue weighted by molar-refractivity contribution is 0.0252. The molecule has 0 aromatic heterocycles. The van der Waals surface area contributed by atoms with Crippen LogP contribution in [0.1, 0.15) is 31.8 Å². The molecule has 3 aromatic carbocycles. The molecular formula is C26H26O6. The lowest BCUT2D eigenvalue weighted by Crippen LogP contribution is -2.17. The molecule has 0 aliphatic carbocycles. The second-order valence-corrected chi connectivity index (χ2v) is 6.89. The number of hydrogen-bond acceptors (Lipinski definition) is 6. The van der Waals surface area contributed by atoms with Gasteiger partial charge >= 0.3 is 11.9 Å². The summed E-state index contributed by atoms with van der Waals surface area (Å²) in [5, 5.41) is 0. The normalized spacial score (nSPS) is 10.5. The molecule has 0 saturated carbocycles. The quantitative estimate of drug-likeness (QED) is 0.310. The molecule has 0 saturated heterocycles. The summed E-state index contributed by atoms with van der Waals surface area (Å²) < 4.78 is 21.5. The van der Waals surface area contributed by atoms with Crippen LogP contribution in [0.5, 0.6) is 0 Å². The van der Waals surface area contributed by atoms with E-state index in [1.165, 1.54) is 12.1 Å². The number of esters is 2. The molecule has 0 fully saturated rings. The molecule has 3 rings (SSSR count). The summed E-state index contributed by atoms with van der Waals surface area (Å²) in [5.74, 6) is -1.19. The molecule has 6 nitrogen and oxygen atoms in total. The van der Waals surface area contributed by atoms with Gasteiger partial charge in [-0.2, -0.15) is 0 Å². The molecule has 0 N–H and O–H groups in total. The minimum absolute atomic E-state index is 0.0857. The highest BCUT2D eigenvalue weighted by Gasteiger charge is 2.18. The monoisotopic (exact) mass is 434 g/mol. The van der Waals surface area contributed by atoms with Gasteiger partial charge in [0.2, 0.25) is 0 Å². The van der Waals surface area contributed by atoms with Gasteiger partial charge in [0.05, 0.1) is 37.6 Å². The Hall–Kier alpha value is -3.48. The Labute approximate surface area is 187 Å². The third kappa shape index (κ3) is 7.65. The van der Waals surface area contributed by atoms with E-state index in [0.717, 1.165) is 11.1 Å². The number of benzene rings is 3. The first-order valence-corrected chi connectivity index (χ1v) is 10.4. The maximum atomic E-state index is 12.4. The minimum Gasteiger partial charge on any atom is -0.460 e. The lowest BCUT2D eigenvalue weighted by atomic mass is 10.1. The van der Waals surface area contributed by atoms with E-state index in [-0.39, 0.29) is 37.6 Å². The Kier molecular flexibility index (Phi) is 9.45. The number of carbonyl (C=O) groups is 2. The standard InChI is InChI=1S/C26H26O6/c27-25(31-17-15-29-19-21-9-3-1-4-10-21)23-13-7-8-14-24(23)26(28)32-18-16-30-20-22-11-5-2-6-12-22/h1-14H,15-20H2. The van der Waals surface area contributed by atoms with Gasteiger partial charge in [-0.15, -0.1) is 0 Å². The van der Waals surface area contributed by atoms with E-state index >= 15 is 0 Å². The second-order valence-electron chi connectivity index (χ2n) is 6.89.